The second-order valence-corrected chi connectivity index (χ2v) is 9.52. The van der Waals surface area contributed by atoms with Crippen molar-refractivity contribution in [2.45, 2.75) is 45.4 Å². The maximum absolute atomic E-state index is 12.5. The molecule has 1 aromatic heterocycles. The molecule has 1 aromatic carbocycles. The van der Waals surface area contributed by atoms with Crippen molar-refractivity contribution in [2.24, 2.45) is 11.0 Å². The zero-order chi connectivity index (χ0) is 19.9. The number of anilines is 1. The van der Waals surface area contributed by atoms with Crippen molar-refractivity contribution in [3.63, 3.8) is 0 Å². The van der Waals surface area contributed by atoms with Gasteiger partial charge < -0.3 is 4.90 Å². The van der Waals surface area contributed by atoms with E-state index in [9.17, 15) is 4.79 Å². The maximum Gasteiger partial charge on any atom is 0.281 e. The zero-order valence-electron chi connectivity index (χ0n) is 17.0. The predicted octanol–water partition coefficient (Wildman–Crippen LogP) is 4.90. The summed E-state index contributed by atoms with van der Waals surface area (Å²) in [6.07, 6.45) is 7.06. The van der Waals surface area contributed by atoms with E-state index in [1.54, 1.807) is 17.6 Å². The average Bonchev–Trinajstić information content (AvgIpc) is 3.17. The molecule has 28 heavy (non-hydrogen) atoms. The Hall–Kier alpha value is -2.40. The minimum absolute atomic E-state index is 0.0924. The highest BCUT2D eigenvalue weighted by Gasteiger charge is 2.37. The van der Waals surface area contributed by atoms with Gasteiger partial charge >= 0.3 is 0 Å². The lowest BCUT2D eigenvalue weighted by Gasteiger charge is -2.23. The van der Waals surface area contributed by atoms with E-state index in [1.165, 1.54) is 28.1 Å². The van der Waals surface area contributed by atoms with Gasteiger partial charge in [0.25, 0.3) is 5.91 Å². The van der Waals surface area contributed by atoms with Gasteiger partial charge in [-0.1, -0.05) is 39.0 Å². The van der Waals surface area contributed by atoms with Crippen LogP contribution in [0.1, 0.15) is 52.9 Å². The van der Waals surface area contributed by atoms with Gasteiger partial charge in [0.15, 0.2) is 0 Å². The fourth-order valence-corrected chi connectivity index (χ4v) is 5.48. The van der Waals surface area contributed by atoms with Crippen LogP contribution in [-0.4, -0.2) is 19.2 Å². The van der Waals surface area contributed by atoms with Crippen LogP contribution in [0, 0.1) is 5.92 Å². The SMILES string of the molecule is C[C@@H]1CCc2sc(C(=O)N/N=C\C=C3/N(C)c4ccccc4C3(C)C)cc2C1. The summed E-state index contributed by atoms with van der Waals surface area (Å²) in [6, 6.07) is 10.5. The number of nitrogens with one attached hydrogen (secondary N) is 1. The number of carbonyl (C=O) groups excluding carboxylic acids is 1. The van der Waals surface area contributed by atoms with Crippen molar-refractivity contribution >= 4 is 29.1 Å². The van der Waals surface area contributed by atoms with Crippen molar-refractivity contribution in [1.29, 1.82) is 0 Å². The normalized spacial score (nSPS) is 21.8. The van der Waals surface area contributed by atoms with E-state index in [0.717, 1.165) is 23.4 Å². The van der Waals surface area contributed by atoms with Crippen LogP contribution in [-0.2, 0) is 18.3 Å². The number of likely N-dealkylation sites (N-methyl/N-ethyl adjacent to an activating group) is 1. The Balaban J connectivity index is 1.45. The lowest BCUT2D eigenvalue weighted by molar-refractivity contribution is 0.0959. The molecule has 0 spiro atoms. The van der Waals surface area contributed by atoms with Crippen molar-refractivity contribution in [3.8, 4) is 0 Å². The molecular weight excluding hydrogens is 366 g/mol. The topological polar surface area (TPSA) is 44.7 Å². The highest BCUT2D eigenvalue weighted by Crippen LogP contribution is 2.46. The molecule has 1 amide bonds. The standard InChI is InChI=1S/C23H27N3OS/c1-15-9-10-19-16(13-15)14-20(28-19)22(27)25-24-12-11-21-23(2,3)17-7-5-6-8-18(17)26(21)4/h5-8,11-12,14-15H,9-10,13H2,1-4H3,(H,25,27)/b21-11-,24-12-/t15-/m1/s1. The van der Waals surface area contributed by atoms with Crippen molar-refractivity contribution in [2.75, 3.05) is 11.9 Å². The molecule has 0 radical (unpaired) electrons. The number of aryl methyl sites for hydroxylation is 1. The molecule has 0 saturated heterocycles. The molecule has 0 fully saturated rings. The number of thiophene rings is 1. The van der Waals surface area contributed by atoms with Crippen molar-refractivity contribution < 1.29 is 4.79 Å². The van der Waals surface area contributed by atoms with Gasteiger partial charge in [0.1, 0.15) is 0 Å². The van der Waals surface area contributed by atoms with Crippen molar-refractivity contribution in [3.05, 3.63) is 63.0 Å². The van der Waals surface area contributed by atoms with Crippen LogP contribution in [0.2, 0.25) is 0 Å². The number of amides is 1. The number of hydrazone groups is 1. The average molecular weight is 394 g/mol. The second kappa shape index (κ2) is 7.21. The third-order valence-electron chi connectivity index (χ3n) is 5.97. The highest BCUT2D eigenvalue weighted by atomic mass is 32.1. The first-order chi connectivity index (χ1) is 13.4. The molecule has 5 heteroatoms. The smallest absolute Gasteiger partial charge is 0.281 e. The first-order valence-corrected chi connectivity index (χ1v) is 10.7. The lowest BCUT2D eigenvalue weighted by atomic mass is 9.84. The number of hydrogen-bond acceptors (Lipinski definition) is 4. The van der Waals surface area contributed by atoms with Gasteiger partial charge in [0.05, 0.1) is 4.88 Å². The fourth-order valence-electron chi connectivity index (χ4n) is 4.38. The minimum atomic E-state index is -0.121. The minimum Gasteiger partial charge on any atom is -0.347 e. The summed E-state index contributed by atoms with van der Waals surface area (Å²) in [7, 11) is 2.07. The summed E-state index contributed by atoms with van der Waals surface area (Å²) >= 11 is 1.61. The molecule has 0 saturated carbocycles. The van der Waals surface area contributed by atoms with Crippen LogP contribution < -0.4 is 10.3 Å². The van der Waals surface area contributed by atoms with Crippen LogP contribution in [0.3, 0.4) is 0 Å². The molecule has 0 bridgehead atoms. The van der Waals surface area contributed by atoms with E-state index >= 15 is 0 Å². The van der Waals surface area contributed by atoms with Crippen molar-refractivity contribution in [1.82, 2.24) is 5.43 Å². The third-order valence-corrected chi connectivity index (χ3v) is 7.20. The summed E-state index contributed by atoms with van der Waals surface area (Å²) in [5, 5.41) is 4.17. The quantitative estimate of drug-likeness (QED) is 0.595. The van der Waals surface area contributed by atoms with E-state index in [1.807, 2.05) is 12.1 Å². The number of benzene rings is 1. The first kappa shape index (κ1) is 18.9. The summed E-state index contributed by atoms with van der Waals surface area (Å²) in [6.45, 7) is 6.70. The van der Waals surface area contributed by atoms with Crippen LogP contribution in [0.4, 0.5) is 5.69 Å². The van der Waals surface area contributed by atoms with Gasteiger partial charge in [0, 0.05) is 34.9 Å². The summed E-state index contributed by atoms with van der Waals surface area (Å²) in [4.78, 5) is 16.8. The van der Waals surface area contributed by atoms with Crippen LogP contribution in [0.25, 0.3) is 0 Å². The summed E-state index contributed by atoms with van der Waals surface area (Å²) in [5.74, 6) is 0.586. The molecule has 0 unspecified atom stereocenters. The van der Waals surface area contributed by atoms with E-state index in [-0.39, 0.29) is 11.3 Å². The molecule has 2 aromatic rings. The molecule has 146 valence electrons. The molecular formula is C23H27N3OS. The summed E-state index contributed by atoms with van der Waals surface area (Å²) in [5.41, 5.74) is 7.61. The molecule has 1 atom stereocenters. The number of carbonyl (C=O) groups is 1. The maximum atomic E-state index is 12.5. The largest absolute Gasteiger partial charge is 0.347 e. The number of allylic oxidation sites excluding steroid dienone is 2. The number of fused-ring (bicyclic) bond motifs is 2. The van der Waals surface area contributed by atoms with E-state index in [2.05, 4.69) is 67.5 Å². The monoisotopic (exact) mass is 393 g/mol. The van der Waals surface area contributed by atoms with E-state index < -0.39 is 0 Å². The van der Waals surface area contributed by atoms with Gasteiger partial charge in [-0.3, -0.25) is 4.79 Å². The Bertz CT molecular complexity index is 970. The summed E-state index contributed by atoms with van der Waals surface area (Å²) < 4.78 is 0. The third kappa shape index (κ3) is 3.28. The number of para-hydroxylation sites is 1. The predicted molar refractivity (Wildman–Crippen MR) is 117 cm³/mol. The Morgan fingerprint density at radius 1 is 1.36 bits per heavy atom. The fraction of sp³-hybridized carbons (Fsp3) is 0.391. The Morgan fingerprint density at radius 3 is 2.93 bits per heavy atom. The Kier molecular flexibility index (Phi) is 4.88. The molecule has 1 aliphatic heterocycles. The molecule has 2 aliphatic rings. The molecule has 4 nitrogen and oxygen atoms in total. The number of nitrogens with zero attached hydrogens (tertiary/aromatic N) is 2. The molecule has 4 rings (SSSR count). The van der Waals surface area contributed by atoms with Gasteiger partial charge in [0.2, 0.25) is 0 Å². The van der Waals surface area contributed by atoms with E-state index in [4.69, 9.17) is 0 Å². The Morgan fingerprint density at radius 2 is 2.14 bits per heavy atom. The molecule has 2 heterocycles. The van der Waals surface area contributed by atoms with Gasteiger partial charge in [-0.25, -0.2) is 5.43 Å². The zero-order valence-corrected chi connectivity index (χ0v) is 17.8. The number of rotatable bonds is 3. The molecule has 1 aliphatic carbocycles. The Labute approximate surface area is 171 Å². The van der Waals surface area contributed by atoms with Gasteiger partial charge in [-0.2, -0.15) is 5.10 Å². The molecule has 1 N–H and O–H groups in total. The number of hydrogen-bond donors (Lipinski definition) is 1. The van der Waals surface area contributed by atoms with Gasteiger partial charge in [-0.15, -0.1) is 11.3 Å². The second-order valence-electron chi connectivity index (χ2n) is 8.38. The van der Waals surface area contributed by atoms with E-state index in [0.29, 0.717) is 5.92 Å². The lowest BCUT2D eigenvalue weighted by Crippen LogP contribution is -2.23. The van der Waals surface area contributed by atoms with Crippen LogP contribution >= 0.6 is 11.3 Å². The van der Waals surface area contributed by atoms with Crippen LogP contribution in [0.15, 0.2) is 47.2 Å². The van der Waals surface area contributed by atoms with Gasteiger partial charge in [-0.05, 0) is 54.5 Å². The first-order valence-electron chi connectivity index (χ1n) is 9.87. The van der Waals surface area contributed by atoms with Crippen LogP contribution in [0.5, 0.6) is 0 Å². The highest BCUT2D eigenvalue weighted by molar-refractivity contribution is 7.14.